The molecule has 0 fully saturated rings. The highest BCUT2D eigenvalue weighted by atomic mass is 19.1. The van der Waals surface area contributed by atoms with Crippen LogP contribution in [0.4, 0.5) is 27.5 Å². The summed E-state index contributed by atoms with van der Waals surface area (Å²) in [5.74, 6) is 2.31. The van der Waals surface area contributed by atoms with Crippen molar-refractivity contribution in [1.82, 2.24) is 15.1 Å². The molecule has 7 heteroatoms. The molecule has 27 heavy (non-hydrogen) atoms. The zero-order valence-corrected chi connectivity index (χ0v) is 14.5. The molecule has 0 amide bonds. The Labute approximate surface area is 155 Å². The van der Waals surface area contributed by atoms with Crippen LogP contribution in [0.3, 0.4) is 0 Å². The molecule has 0 spiro atoms. The fourth-order valence-electron chi connectivity index (χ4n) is 2.55. The highest BCUT2D eigenvalue weighted by Crippen LogP contribution is 2.25. The van der Waals surface area contributed by atoms with Crippen LogP contribution in [-0.4, -0.2) is 15.1 Å². The molecule has 0 aliphatic rings. The van der Waals surface area contributed by atoms with E-state index < -0.39 is 0 Å². The minimum Gasteiger partial charge on any atom is -0.360 e. The first-order valence-electron chi connectivity index (χ1n) is 8.34. The summed E-state index contributed by atoms with van der Waals surface area (Å²) in [6.45, 7) is 1.80. The van der Waals surface area contributed by atoms with E-state index in [1.807, 2.05) is 30.3 Å². The lowest BCUT2D eigenvalue weighted by Gasteiger charge is -2.11. The fraction of sp³-hybridized carbons (Fsp3) is 0.0500. The molecule has 0 saturated heterocycles. The number of anilines is 4. The van der Waals surface area contributed by atoms with Gasteiger partial charge in [-0.05, 0) is 19.1 Å². The maximum absolute atomic E-state index is 14.0. The van der Waals surface area contributed by atoms with Gasteiger partial charge in [-0.1, -0.05) is 47.6 Å². The summed E-state index contributed by atoms with van der Waals surface area (Å²) in [7, 11) is 0. The number of para-hydroxylation sites is 1. The molecule has 0 aliphatic carbocycles. The lowest BCUT2D eigenvalue weighted by atomic mass is 10.2. The van der Waals surface area contributed by atoms with E-state index in [1.54, 1.807) is 37.3 Å². The molecular formula is C20H16FN5O. The molecule has 0 radical (unpaired) electrons. The van der Waals surface area contributed by atoms with Crippen molar-refractivity contribution in [2.75, 3.05) is 10.6 Å². The van der Waals surface area contributed by atoms with Crippen molar-refractivity contribution < 1.29 is 8.91 Å². The molecule has 0 bridgehead atoms. The van der Waals surface area contributed by atoms with Gasteiger partial charge in [0.2, 0.25) is 0 Å². The van der Waals surface area contributed by atoms with Gasteiger partial charge >= 0.3 is 0 Å². The third-order valence-electron chi connectivity index (χ3n) is 3.78. The van der Waals surface area contributed by atoms with Gasteiger partial charge in [0, 0.05) is 17.7 Å². The molecule has 0 atom stereocenters. The van der Waals surface area contributed by atoms with Crippen LogP contribution in [0.25, 0.3) is 11.4 Å². The Balaban J connectivity index is 1.73. The number of rotatable bonds is 5. The molecular weight excluding hydrogens is 345 g/mol. The van der Waals surface area contributed by atoms with Crippen molar-refractivity contribution in [3.8, 4) is 11.4 Å². The van der Waals surface area contributed by atoms with Gasteiger partial charge in [0.25, 0.3) is 0 Å². The third kappa shape index (κ3) is 3.92. The minimum atomic E-state index is -0.362. The Morgan fingerprint density at radius 3 is 2.22 bits per heavy atom. The van der Waals surface area contributed by atoms with Crippen molar-refractivity contribution in [1.29, 1.82) is 0 Å². The highest BCUT2D eigenvalue weighted by Gasteiger charge is 2.10. The van der Waals surface area contributed by atoms with E-state index in [-0.39, 0.29) is 5.82 Å². The Kier molecular flexibility index (Phi) is 4.49. The van der Waals surface area contributed by atoms with Crippen LogP contribution in [-0.2, 0) is 0 Å². The Hall–Kier alpha value is -3.74. The number of aromatic nitrogens is 3. The molecule has 2 aromatic heterocycles. The SMILES string of the molecule is Cc1cc(Nc2cc(Nc3ccccc3F)nc(-c3ccccc3)n2)no1. The van der Waals surface area contributed by atoms with E-state index in [4.69, 9.17) is 4.52 Å². The second-order valence-electron chi connectivity index (χ2n) is 5.88. The number of hydrogen-bond donors (Lipinski definition) is 2. The number of nitrogens with one attached hydrogen (secondary N) is 2. The maximum Gasteiger partial charge on any atom is 0.175 e. The Bertz CT molecular complexity index is 1060. The quantitative estimate of drug-likeness (QED) is 0.517. The van der Waals surface area contributed by atoms with E-state index in [0.29, 0.717) is 34.7 Å². The molecule has 4 rings (SSSR count). The van der Waals surface area contributed by atoms with Gasteiger partial charge < -0.3 is 15.2 Å². The average molecular weight is 361 g/mol. The van der Waals surface area contributed by atoms with Crippen molar-refractivity contribution in [3.63, 3.8) is 0 Å². The van der Waals surface area contributed by atoms with Crippen molar-refractivity contribution in [3.05, 3.63) is 78.3 Å². The molecule has 0 aliphatic heterocycles. The van der Waals surface area contributed by atoms with E-state index in [1.165, 1.54) is 6.07 Å². The summed E-state index contributed by atoms with van der Waals surface area (Å²) in [6, 6.07) is 19.4. The van der Waals surface area contributed by atoms with E-state index >= 15 is 0 Å². The third-order valence-corrected chi connectivity index (χ3v) is 3.78. The largest absolute Gasteiger partial charge is 0.360 e. The normalized spacial score (nSPS) is 10.6. The molecule has 4 aromatic rings. The second-order valence-corrected chi connectivity index (χ2v) is 5.88. The molecule has 2 aromatic carbocycles. The summed E-state index contributed by atoms with van der Waals surface area (Å²) < 4.78 is 19.1. The van der Waals surface area contributed by atoms with Crippen LogP contribution in [0.1, 0.15) is 5.76 Å². The number of benzene rings is 2. The predicted octanol–water partition coefficient (Wildman–Crippen LogP) is 5.07. The van der Waals surface area contributed by atoms with Crippen LogP contribution >= 0.6 is 0 Å². The van der Waals surface area contributed by atoms with Crippen molar-refractivity contribution >= 4 is 23.1 Å². The van der Waals surface area contributed by atoms with Gasteiger partial charge in [-0.3, -0.25) is 0 Å². The smallest absolute Gasteiger partial charge is 0.175 e. The van der Waals surface area contributed by atoms with Gasteiger partial charge in [-0.15, -0.1) is 0 Å². The second kappa shape index (κ2) is 7.25. The maximum atomic E-state index is 14.0. The molecule has 0 unspecified atom stereocenters. The summed E-state index contributed by atoms with van der Waals surface area (Å²) in [4.78, 5) is 9.05. The monoisotopic (exact) mass is 361 g/mol. The van der Waals surface area contributed by atoms with Gasteiger partial charge in [0.15, 0.2) is 11.6 Å². The van der Waals surface area contributed by atoms with Crippen LogP contribution in [0.5, 0.6) is 0 Å². The van der Waals surface area contributed by atoms with Gasteiger partial charge in [0.05, 0.1) is 5.69 Å². The van der Waals surface area contributed by atoms with E-state index in [2.05, 4.69) is 25.8 Å². The first-order valence-corrected chi connectivity index (χ1v) is 8.34. The Morgan fingerprint density at radius 2 is 1.52 bits per heavy atom. The first kappa shape index (κ1) is 16.7. The molecule has 2 heterocycles. The topological polar surface area (TPSA) is 75.9 Å². The first-order chi connectivity index (χ1) is 13.2. The number of aryl methyl sites for hydroxylation is 1. The summed E-state index contributed by atoms with van der Waals surface area (Å²) in [6.07, 6.45) is 0. The zero-order valence-electron chi connectivity index (χ0n) is 14.5. The lowest BCUT2D eigenvalue weighted by molar-refractivity contribution is 0.400. The van der Waals surface area contributed by atoms with Crippen molar-refractivity contribution in [2.24, 2.45) is 0 Å². The minimum absolute atomic E-state index is 0.332. The number of hydrogen-bond acceptors (Lipinski definition) is 6. The highest BCUT2D eigenvalue weighted by molar-refractivity contribution is 5.67. The number of halogens is 1. The fourth-order valence-corrected chi connectivity index (χ4v) is 2.55. The predicted molar refractivity (Wildman–Crippen MR) is 102 cm³/mol. The van der Waals surface area contributed by atoms with Crippen LogP contribution in [0, 0.1) is 12.7 Å². The van der Waals surface area contributed by atoms with Gasteiger partial charge in [-0.2, -0.15) is 0 Å². The molecule has 0 saturated carbocycles. The summed E-state index contributed by atoms with van der Waals surface area (Å²) in [5, 5.41) is 10.0. The lowest BCUT2D eigenvalue weighted by Crippen LogP contribution is -2.02. The Morgan fingerprint density at radius 1 is 0.815 bits per heavy atom. The average Bonchev–Trinajstić information content (AvgIpc) is 3.09. The van der Waals surface area contributed by atoms with E-state index in [9.17, 15) is 4.39 Å². The van der Waals surface area contributed by atoms with Crippen molar-refractivity contribution in [2.45, 2.75) is 6.92 Å². The van der Waals surface area contributed by atoms with Gasteiger partial charge in [0.1, 0.15) is 23.2 Å². The summed E-state index contributed by atoms with van der Waals surface area (Å²) >= 11 is 0. The molecule has 134 valence electrons. The molecule has 6 nitrogen and oxygen atoms in total. The zero-order chi connectivity index (χ0) is 18.6. The van der Waals surface area contributed by atoms with E-state index in [0.717, 1.165) is 5.56 Å². The molecule has 2 N–H and O–H groups in total. The standard InChI is InChI=1S/C20H16FN5O/c1-13-11-19(26-27-13)23-18-12-17(22-16-10-6-5-9-15(16)21)24-20(25-18)14-7-3-2-4-8-14/h2-12H,1H3,(H2,22,23,24,25,26). The van der Waals surface area contributed by atoms with Crippen LogP contribution in [0.15, 0.2) is 71.3 Å². The van der Waals surface area contributed by atoms with Crippen LogP contribution < -0.4 is 10.6 Å². The summed E-state index contributed by atoms with van der Waals surface area (Å²) in [5.41, 5.74) is 1.17. The van der Waals surface area contributed by atoms with Crippen LogP contribution in [0.2, 0.25) is 0 Å². The number of nitrogens with zero attached hydrogens (tertiary/aromatic N) is 3. The van der Waals surface area contributed by atoms with Gasteiger partial charge in [-0.25, -0.2) is 14.4 Å².